The zero-order chi connectivity index (χ0) is 45.5. The second kappa shape index (κ2) is 18.6. The standard InChI is InChI=1S/C45H76O18/c1-19(18-57-40-36(53)34(51)32(49)28(16-46)60-40)8-13-45(56)20(2)30-27(63-45)15-26-24-7-6-22-14-23(9-11-43(22,4)25(24)10-12-44(26,30)5)59-42-38(55)35(52)39(29(17-47)61-42)62-41-37(54)33(50)31(48)21(3)58-41/h19-42,46-56H,6-18H2,1-5H3/t19-,20+,21+,22-,23+,24-,25+,26+,27+,28-,29-,30+,31+,32-,33-,34+,35-,36-,37-,38-,39-,40-,41+,42-,43+,44+,45-/m1/s1. The van der Waals surface area contributed by atoms with Crippen molar-refractivity contribution in [1.29, 1.82) is 0 Å². The Morgan fingerprint density at radius 3 is 2.00 bits per heavy atom. The highest BCUT2D eigenvalue weighted by Gasteiger charge is 2.68. The van der Waals surface area contributed by atoms with Gasteiger partial charge in [0.25, 0.3) is 0 Å². The van der Waals surface area contributed by atoms with Crippen molar-refractivity contribution in [3.63, 3.8) is 0 Å². The third-order valence-corrected chi connectivity index (χ3v) is 17.9. The molecule has 0 aromatic carbocycles. The lowest BCUT2D eigenvalue weighted by molar-refractivity contribution is -0.361. The summed E-state index contributed by atoms with van der Waals surface area (Å²) >= 11 is 0. The van der Waals surface area contributed by atoms with Gasteiger partial charge in [-0.25, -0.2) is 0 Å². The molecule has 18 nitrogen and oxygen atoms in total. The first-order valence-electron chi connectivity index (χ1n) is 23.7. The third-order valence-electron chi connectivity index (χ3n) is 17.9. The summed E-state index contributed by atoms with van der Waals surface area (Å²) in [6, 6.07) is 0. The molecule has 0 radical (unpaired) electrons. The Balaban J connectivity index is 0.836. The van der Waals surface area contributed by atoms with Crippen LogP contribution in [0.3, 0.4) is 0 Å². The van der Waals surface area contributed by atoms with Gasteiger partial charge in [0.05, 0.1) is 38.1 Å². The molecule has 8 rings (SSSR count). The summed E-state index contributed by atoms with van der Waals surface area (Å²) in [5, 5.41) is 116. The molecule has 4 aliphatic carbocycles. The van der Waals surface area contributed by atoms with Crippen LogP contribution in [0.15, 0.2) is 0 Å². The predicted octanol–water partition coefficient (Wildman–Crippen LogP) is -0.752. The first-order chi connectivity index (χ1) is 29.8. The third kappa shape index (κ3) is 8.60. The number of hydrogen-bond donors (Lipinski definition) is 11. The topological polar surface area (TPSA) is 287 Å². The Kier molecular flexibility index (Phi) is 14.4. The average Bonchev–Trinajstić information content (AvgIpc) is 3.70. The van der Waals surface area contributed by atoms with E-state index < -0.39 is 111 Å². The molecular weight excluding hydrogens is 828 g/mol. The van der Waals surface area contributed by atoms with E-state index in [-0.39, 0.29) is 47.4 Å². The van der Waals surface area contributed by atoms with Crippen molar-refractivity contribution in [3.8, 4) is 0 Å². The van der Waals surface area contributed by atoms with Crippen LogP contribution in [0.4, 0.5) is 0 Å². The monoisotopic (exact) mass is 905 g/mol. The molecule has 8 aliphatic rings. The van der Waals surface area contributed by atoms with Gasteiger partial charge in [-0.05, 0) is 111 Å². The van der Waals surface area contributed by atoms with Gasteiger partial charge < -0.3 is 89.3 Å². The van der Waals surface area contributed by atoms with Crippen LogP contribution in [0, 0.1) is 52.3 Å². The van der Waals surface area contributed by atoms with E-state index in [0.717, 1.165) is 51.4 Å². The van der Waals surface area contributed by atoms with Gasteiger partial charge in [0.1, 0.15) is 67.1 Å². The summed E-state index contributed by atoms with van der Waals surface area (Å²) < 4.78 is 41.7. The van der Waals surface area contributed by atoms with E-state index in [1.807, 2.05) is 6.92 Å². The fourth-order valence-electron chi connectivity index (χ4n) is 14.1. The van der Waals surface area contributed by atoms with E-state index in [2.05, 4.69) is 20.8 Å². The molecule has 0 bridgehead atoms. The van der Waals surface area contributed by atoms with Crippen molar-refractivity contribution in [3.05, 3.63) is 0 Å². The summed E-state index contributed by atoms with van der Waals surface area (Å²) in [7, 11) is 0. The minimum atomic E-state index is -1.64. The molecule has 4 aliphatic heterocycles. The normalized spacial score (nSPS) is 56.3. The fraction of sp³-hybridized carbons (Fsp3) is 1.00. The van der Waals surface area contributed by atoms with Gasteiger partial charge in [-0.1, -0.05) is 27.7 Å². The van der Waals surface area contributed by atoms with Gasteiger partial charge in [-0.3, -0.25) is 0 Å². The maximum Gasteiger partial charge on any atom is 0.187 e. The lowest BCUT2D eigenvalue weighted by atomic mass is 9.44. The number of aliphatic hydroxyl groups is 11. The molecule has 18 heteroatoms. The summed E-state index contributed by atoms with van der Waals surface area (Å²) in [5.41, 5.74) is 0.120. The molecule has 4 saturated heterocycles. The minimum absolute atomic E-state index is 0.0255. The number of rotatable bonds is 12. The zero-order valence-electron chi connectivity index (χ0n) is 37.3. The number of aliphatic hydroxyl groups excluding tert-OH is 10. The van der Waals surface area contributed by atoms with Gasteiger partial charge in [0, 0.05) is 12.3 Å². The van der Waals surface area contributed by atoms with Crippen molar-refractivity contribution >= 4 is 0 Å². The first kappa shape index (κ1) is 48.7. The predicted molar refractivity (Wildman–Crippen MR) is 218 cm³/mol. The highest BCUT2D eigenvalue weighted by atomic mass is 16.7. The van der Waals surface area contributed by atoms with Crippen LogP contribution in [0.2, 0.25) is 0 Å². The van der Waals surface area contributed by atoms with Gasteiger partial charge in [-0.2, -0.15) is 0 Å². The van der Waals surface area contributed by atoms with Gasteiger partial charge in [-0.15, -0.1) is 0 Å². The van der Waals surface area contributed by atoms with E-state index >= 15 is 0 Å². The molecule has 27 atom stereocenters. The Bertz CT molecular complexity index is 1540. The largest absolute Gasteiger partial charge is 0.394 e. The van der Waals surface area contributed by atoms with Gasteiger partial charge in [0.2, 0.25) is 0 Å². The molecule has 0 aromatic heterocycles. The summed E-state index contributed by atoms with van der Waals surface area (Å²) in [4.78, 5) is 0. The van der Waals surface area contributed by atoms with Crippen LogP contribution in [0.5, 0.6) is 0 Å². The molecule has 63 heavy (non-hydrogen) atoms. The molecule has 4 saturated carbocycles. The van der Waals surface area contributed by atoms with Gasteiger partial charge >= 0.3 is 0 Å². The van der Waals surface area contributed by atoms with Crippen LogP contribution in [0.25, 0.3) is 0 Å². The molecule has 4 heterocycles. The van der Waals surface area contributed by atoms with Crippen molar-refractivity contribution in [2.45, 2.75) is 209 Å². The molecule has 0 unspecified atom stereocenters. The van der Waals surface area contributed by atoms with Crippen LogP contribution in [0.1, 0.15) is 98.8 Å². The second-order valence-corrected chi connectivity index (χ2v) is 21.4. The van der Waals surface area contributed by atoms with Crippen molar-refractivity contribution in [2.24, 2.45) is 52.3 Å². The number of ether oxygens (including phenoxy) is 7. The molecular formula is C45H76O18. The van der Waals surface area contributed by atoms with Crippen LogP contribution in [-0.4, -0.2) is 186 Å². The number of hydrogen-bond acceptors (Lipinski definition) is 18. The lowest BCUT2D eigenvalue weighted by Crippen LogP contribution is -2.64. The number of fused-ring (bicyclic) bond motifs is 7. The fourth-order valence-corrected chi connectivity index (χ4v) is 14.1. The highest BCUT2D eigenvalue weighted by Crippen LogP contribution is 2.71. The molecule has 0 aromatic rings. The second-order valence-electron chi connectivity index (χ2n) is 21.4. The minimum Gasteiger partial charge on any atom is -0.394 e. The summed E-state index contributed by atoms with van der Waals surface area (Å²) in [6.45, 7) is 9.55. The SMILES string of the molecule is C[C@H](CC[C@@]1(O)O[C@H]2C[C@H]3[C@@H]4CC[C@@H]5C[C@@H](O[C@@H]6O[C@H](CO)[C@@H](O[C@@H]7O[C@@H](C)[C@H](O)[C@@H](O)[C@H]7O)[C@H](O)[C@H]6O)CC[C@]5(C)[C@H]4CC[C@]3(C)[C@H]2[C@@H]1C)CO[C@@H]1O[C@H](CO)[C@@H](O)[C@H](O)[C@H]1O. The van der Waals surface area contributed by atoms with E-state index in [1.54, 1.807) is 0 Å². The molecule has 8 fully saturated rings. The molecule has 0 spiro atoms. The van der Waals surface area contributed by atoms with Crippen molar-refractivity contribution in [2.75, 3.05) is 19.8 Å². The van der Waals surface area contributed by atoms with Crippen molar-refractivity contribution in [1.82, 2.24) is 0 Å². The molecule has 364 valence electrons. The Morgan fingerprint density at radius 1 is 0.651 bits per heavy atom. The van der Waals surface area contributed by atoms with Crippen LogP contribution in [-0.2, 0) is 33.2 Å². The highest BCUT2D eigenvalue weighted by molar-refractivity contribution is 5.15. The average molecular weight is 905 g/mol. The first-order valence-corrected chi connectivity index (χ1v) is 23.7. The van der Waals surface area contributed by atoms with E-state index in [4.69, 9.17) is 33.2 Å². The maximum absolute atomic E-state index is 12.0. The molecule has 0 amide bonds. The summed E-state index contributed by atoms with van der Waals surface area (Å²) in [6.07, 6.45) is -11.9. The van der Waals surface area contributed by atoms with Crippen molar-refractivity contribution < 1.29 is 89.3 Å². The zero-order valence-corrected chi connectivity index (χ0v) is 37.3. The lowest BCUT2D eigenvalue weighted by Gasteiger charge is -2.61. The van der Waals surface area contributed by atoms with Crippen LogP contribution >= 0.6 is 0 Å². The van der Waals surface area contributed by atoms with E-state index in [1.165, 1.54) is 6.92 Å². The Hall–Kier alpha value is -0.720. The maximum atomic E-state index is 12.0. The van der Waals surface area contributed by atoms with E-state index in [9.17, 15) is 56.2 Å². The quantitative estimate of drug-likeness (QED) is 0.107. The molecule has 11 N–H and O–H groups in total. The van der Waals surface area contributed by atoms with Crippen LogP contribution < -0.4 is 0 Å². The Morgan fingerprint density at radius 2 is 1.29 bits per heavy atom. The summed E-state index contributed by atoms with van der Waals surface area (Å²) in [5.74, 6) is 0.753. The smallest absolute Gasteiger partial charge is 0.187 e. The Labute approximate surface area is 369 Å². The van der Waals surface area contributed by atoms with E-state index in [0.29, 0.717) is 36.5 Å². The van der Waals surface area contributed by atoms with Gasteiger partial charge in [0.15, 0.2) is 24.7 Å².